The maximum Gasteiger partial charge on any atom is 0.151 e. The van der Waals surface area contributed by atoms with E-state index in [0.29, 0.717) is 12.3 Å². The fourth-order valence-corrected chi connectivity index (χ4v) is 0.868. The Balaban J connectivity index is 2.43. The normalized spacial score (nSPS) is 40.6. The van der Waals surface area contributed by atoms with Gasteiger partial charge in [0.2, 0.25) is 0 Å². The van der Waals surface area contributed by atoms with Crippen molar-refractivity contribution in [2.24, 2.45) is 5.92 Å². The van der Waals surface area contributed by atoms with Crippen molar-refractivity contribution < 1.29 is 4.79 Å². The van der Waals surface area contributed by atoms with E-state index in [1.807, 2.05) is 6.92 Å². The Morgan fingerprint density at radius 1 is 1.86 bits per heavy atom. The van der Waals surface area contributed by atoms with Crippen molar-refractivity contribution in [1.29, 1.82) is 0 Å². The maximum absolute atomic E-state index is 10.3. The van der Waals surface area contributed by atoms with Crippen LogP contribution in [0.4, 0.5) is 0 Å². The molecule has 2 unspecified atom stereocenters. The Morgan fingerprint density at radius 2 is 2.43 bits per heavy atom. The highest BCUT2D eigenvalue weighted by Crippen LogP contribution is 2.27. The summed E-state index contributed by atoms with van der Waals surface area (Å²) in [6, 6.07) is 0. The van der Waals surface area contributed by atoms with E-state index in [1.165, 1.54) is 0 Å². The lowest BCUT2D eigenvalue weighted by Crippen LogP contribution is -2.35. The Morgan fingerprint density at radius 3 is 2.43 bits per heavy atom. The van der Waals surface area contributed by atoms with E-state index in [4.69, 9.17) is 11.6 Å². The van der Waals surface area contributed by atoms with Crippen LogP contribution in [0.25, 0.3) is 0 Å². The fourth-order valence-electron chi connectivity index (χ4n) is 0.690. The number of halogens is 1. The molecule has 1 nitrogen and oxygen atoms in total. The van der Waals surface area contributed by atoms with Crippen LogP contribution in [0, 0.1) is 5.92 Å². The van der Waals surface area contributed by atoms with E-state index < -0.39 is 0 Å². The van der Waals surface area contributed by atoms with Crippen LogP contribution < -0.4 is 0 Å². The van der Waals surface area contributed by atoms with Crippen molar-refractivity contribution >= 4 is 17.4 Å². The summed E-state index contributed by atoms with van der Waals surface area (Å²) < 4.78 is 0. The van der Waals surface area contributed by atoms with Gasteiger partial charge < -0.3 is 0 Å². The highest BCUT2D eigenvalue weighted by atomic mass is 35.5. The molecule has 0 aromatic heterocycles. The van der Waals surface area contributed by atoms with E-state index in [0.717, 1.165) is 0 Å². The van der Waals surface area contributed by atoms with Gasteiger partial charge in [0.25, 0.3) is 0 Å². The van der Waals surface area contributed by atoms with Crippen LogP contribution in [-0.2, 0) is 4.79 Å². The number of rotatable bonds is 0. The van der Waals surface area contributed by atoms with Crippen LogP contribution in [0.5, 0.6) is 0 Å². The Labute approximate surface area is 47.7 Å². The zero-order valence-corrected chi connectivity index (χ0v) is 4.90. The number of carbonyl (C=O) groups is 1. The molecule has 1 saturated carbocycles. The second kappa shape index (κ2) is 1.48. The molecule has 0 spiro atoms. The van der Waals surface area contributed by atoms with Gasteiger partial charge in [0.15, 0.2) is 5.78 Å². The van der Waals surface area contributed by atoms with E-state index in [2.05, 4.69) is 0 Å². The topological polar surface area (TPSA) is 17.1 Å². The minimum Gasteiger partial charge on any atom is -0.298 e. The number of carbonyl (C=O) groups excluding carboxylic acids is 1. The van der Waals surface area contributed by atoms with Gasteiger partial charge >= 0.3 is 0 Å². The van der Waals surface area contributed by atoms with E-state index in [9.17, 15) is 4.79 Å². The van der Waals surface area contributed by atoms with Crippen molar-refractivity contribution in [2.75, 3.05) is 0 Å². The van der Waals surface area contributed by atoms with Crippen molar-refractivity contribution in [3.63, 3.8) is 0 Å². The summed E-state index contributed by atoms with van der Waals surface area (Å²) in [5.74, 6) is 0.628. The van der Waals surface area contributed by atoms with Crippen molar-refractivity contribution in [1.82, 2.24) is 0 Å². The molecule has 0 aromatic carbocycles. The van der Waals surface area contributed by atoms with Gasteiger partial charge in [-0.1, -0.05) is 6.92 Å². The Kier molecular flexibility index (Phi) is 1.08. The first-order chi connectivity index (χ1) is 3.22. The molecule has 0 radical (unpaired) electrons. The molecule has 2 heteroatoms. The lowest BCUT2D eigenvalue weighted by atomic mass is 9.85. The van der Waals surface area contributed by atoms with Crippen LogP contribution in [0.1, 0.15) is 13.3 Å². The lowest BCUT2D eigenvalue weighted by molar-refractivity contribution is -0.125. The van der Waals surface area contributed by atoms with Crippen molar-refractivity contribution in [3.05, 3.63) is 0 Å². The number of ketones is 1. The minimum absolute atomic E-state index is 0.167. The molecule has 1 aliphatic rings. The van der Waals surface area contributed by atoms with Gasteiger partial charge in [-0.15, -0.1) is 11.6 Å². The first-order valence-corrected chi connectivity index (χ1v) is 2.82. The van der Waals surface area contributed by atoms with E-state index >= 15 is 0 Å². The molecule has 0 aliphatic heterocycles. The molecule has 0 N–H and O–H groups in total. The standard InChI is InChI=1S/C5H7ClO/c1-3-2-4(7)5(3)6/h3,5H,2H2,1H3. The number of alkyl halides is 1. The van der Waals surface area contributed by atoms with E-state index in [1.54, 1.807) is 0 Å². The summed E-state index contributed by atoms with van der Waals surface area (Å²) in [7, 11) is 0. The Bertz CT molecular complexity index is 100. The number of Topliss-reactive ketones (excluding diaryl/α,β-unsaturated/α-hetero) is 1. The average Bonchev–Trinajstić information content (AvgIpc) is 1.68. The average molecular weight is 119 g/mol. The summed E-state index contributed by atoms with van der Waals surface area (Å²) >= 11 is 5.50. The van der Waals surface area contributed by atoms with Crippen LogP contribution in [-0.4, -0.2) is 11.2 Å². The molecule has 7 heavy (non-hydrogen) atoms. The van der Waals surface area contributed by atoms with Crippen LogP contribution in [0.15, 0.2) is 0 Å². The Hall–Kier alpha value is -0.0400. The van der Waals surface area contributed by atoms with Gasteiger partial charge in [0.05, 0.1) is 5.38 Å². The molecule has 1 fully saturated rings. The first kappa shape index (κ1) is 5.10. The molecule has 0 amide bonds. The third-order valence-electron chi connectivity index (χ3n) is 1.33. The molecule has 2 atom stereocenters. The predicted molar refractivity (Wildman–Crippen MR) is 28.4 cm³/mol. The summed E-state index contributed by atoms with van der Waals surface area (Å²) in [5, 5.41) is -0.167. The van der Waals surface area contributed by atoms with Gasteiger partial charge in [-0.05, 0) is 5.92 Å². The third kappa shape index (κ3) is 0.653. The van der Waals surface area contributed by atoms with Gasteiger partial charge in [-0.2, -0.15) is 0 Å². The van der Waals surface area contributed by atoms with Gasteiger partial charge in [-0.3, -0.25) is 4.79 Å². The second-order valence-electron chi connectivity index (χ2n) is 2.05. The van der Waals surface area contributed by atoms with Crippen LogP contribution in [0.2, 0.25) is 0 Å². The van der Waals surface area contributed by atoms with Crippen molar-refractivity contribution in [2.45, 2.75) is 18.7 Å². The summed E-state index contributed by atoms with van der Waals surface area (Å²) in [6.07, 6.45) is 0.689. The SMILES string of the molecule is CC1CC(=O)C1Cl. The zero-order valence-electron chi connectivity index (χ0n) is 4.15. The fraction of sp³-hybridized carbons (Fsp3) is 0.800. The van der Waals surface area contributed by atoms with Gasteiger partial charge in [-0.25, -0.2) is 0 Å². The summed E-state index contributed by atoms with van der Waals surface area (Å²) in [5.41, 5.74) is 0. The van der Waals surface area contributed by atoms with Gasteiger partial charge in [0, 0.05) is 6.42 Å². The quantitative estimate of drug-likeness (QED) is 0.437. The first-order valence-electron chi connectivity index (χ1n) is 2.38. The second-order valence-corrected chi connectivity index (χ2v) is 2.52. The number of hydrogen-bond acceptors (Lipinski definition) is 1. The van der Waals surface area contributed by atoms with Crippen LogP contribution in [0.3, 0.4) is 0 Å². The molecule has 0 saturated heterocycles. The van der Waals surface area contributed by atoms with Crippen LogP contribution >= 0.6 is 11.6 Å². The monoisotopic (exact) mass is 118 g/mol. The molecule has 0 heterocycles. The summed E-state index contributed by atoms with van der Waals surface area (Å²) in [4.78, 5) is 10.3. The molecule has 1 aliphatic carbocycles. The third-order valence-corrected chi connectivity index (χ3v) is 2.00. The molecule has 1 rings (SSSR count). The smallest absolute Gasteiger partial charge is 0.151 e. The molecular weight excluding hydrogens is 112 g/mol. The minimum atomic E-state index is -0.167. The maximum atomic E-state index is 10.3. The summed E-state index contributed by atoms with van der Waals surface area (Å²) in [6.45, 7) is 1.99. The molecule has 0 aromatic rings. The largest absolute Gasteiger partial charge is 0.298 e. The number of hydrogen-bond donors (Lipinski definition) is 0. The predicted octanol–water partition coefficient (Wildman–Crippen LogP) is 1.20. The van der Waals surface area contributed by atoms with Gasteiger partial charge in [0.1, 0.15) is 0 Å². The highest BCUT2D eigenvalue weighted by molar-refractivity contribution is 6.33. The van der Waals surface area contributed by atoms with Crippen molar-refractivity contribution in [3.8, 4) is 0 Å². The molecule has 0 bridgehead atoms. The molecule has 40 valence electrons. The lowest BCUT2D eigenvalue weighted by Gasteiger charge is -2.25. The van der Waals surface area contributed by atoms with E-state index in [-0.39, 0.29) is 11.2 Å². The zero-order chi connectivity index (χ0) is 5.44. The highest BCUT2D eigenvalue weighted by Gasteiger charge is 2.33. The molecular formula is C5H7ClO.